The number of benzene rings is 3. The predicted octanol–water partition coefficient (Wildman–Crippen LogP) is 5.40. The van der Waals surface area contributed by atoms with Crippen LogP contribution in [0.15, 0.2) is 72.8 Å². The van der Waals surface area contributed by atoms with Crippen LogP contribution < -0.4 is 14.5 Å². The Morgan fingerprint density at radius 2 is 1.82 bits per heavy atom. The SMILES string of the molecule is CC(=O)N(c1ccc(Cl)cc1)C1CC(C)N(C(=O)c2ccc(OCCCc3nn[nH]n3)cc2)c2ccccc21. The van der Waals surface area contributed by atoms with Gasteiger partial charge in [0.1, 0.15) is 5.75 Å². The smallest absolute Gasteiger partial charge is 0.258 e. The average Bonchev–Trinajstić information content (AvgIpc) is 3.46. The monoisotopic (exact) mass is 544 g/mol. The summed E-state index contributed by atoms with van der Waals surface area (Å²) in [6, 6.07) is 21.9. The number of hydrogen-bond acceptors (Lipinski definition) is 6. The second kappa shape index (κ2) is 11.7. The Balaban J connectivity index is 1.33. The van der Waals surface area contributed by atoms with E-state index in [9.17, 15) is 9.59 Å². The summed E-state index contributed by atoms with van der Waals surface area (Å²) < 4.78 is 5.82. The largest absolute Gasteiger partial charge is 0.494 e. The van der Waals surface area contributed by atoms with Gasteiger partial charge in [0.25, 0.3) is 5.91 Å². The first-order valence-electron chi connectivity index (χ1n) is 12.9. The lowest BCUT2D eigenvalue weighted by Crippen LogP contribution is -2.47. The van der Waals surface area contributed by atoms with E-state index < -0.39 is 0 Å². The second-order valence-corrected chi connectivity index (χ2v) is 9.94. The fourth-order valence-corrected chi connectivity index (χ4v) is 5.19. The highest BCUT2D eigenvalue weighted by molar-refractivity contribution is 6.30. The molecule has 0 saturated carbocycles. The molecule has 4 aromatic rings. The number of carbonyl (C=O) groups excluding carboxylic acids is 2. The van der Waals surface area contributed by atoms with Crippen molar-refractivity contribution in [1.82, 2.24) is 20.6 Å². The van der Waals surface area contributed by atoms with E-state index in [2.05, 4.69) is 20.6 Å². The van der Waals surface area contributed by atoms with Crippen molar-refractivity contribution < 1.29 is 14.3 Å². The summed E-state index contributed by atoms with van der Waals surface area (Å²) in [5.74, 6) is 1.17. The first-order chi connectivity index (χ1) is 18.9. The number of para-hydroxylation sites is 1. The summed E-state index contributed by atoms with van der Waals surface area (Å²) in [6.07, 6.45) is 2.00. The lowest BCUT2D eigenvalue weighted by atomic mass is 9.89. The number of hydrogen-bond donors (Lipinski definition) is 1. The van der Waals surface area contributed by atoms with Crippen LogP contribution >= 0.6 is 11.6 Å². The third-order valence-corrected chi connectivity index (χ3v) is 7.09. The van der Waals surface area contributed by atoms with E-state index in [1.807, 2.05) is 60.4 Å². The van der Waals surface area contributed by atoms with Crippen LogP contribution in [0, 0.1) is 0 Å². The van der Waals surface area contributed by atoms with Gasteiger partial charge in [-0.2, -0.15) is 5.21 Å². The topological polar surface area (TPSA) is 104 Å². The van der Waals surface area contributed by atoms with E-state index in [1.54, 1.807) is 36.1 Å². The number of H-pyrrole nitrogens is 1. The van der Waals surface area contributed by atoms with E-state index >= 15 is 0 Å². The zero-order chi connectivity index (χ0) is 27.4. The fourth-order valence-electron chi connectivity index (χ4n) is 5.06. The first-order valence-corrected chi connectivity index (χ1v) is 13.2. The number of rotatable bonds is 8. The quantitative estimate of drug-likeness (QED) is 0.298. The van der Waals surface area contributed by atoms with Crippen LogP contribution in [-0.2, 0) is 11.2 Å². The minimum atomic E-state index is -0.220. The minimum absolute atomic E-state index is 0.0722. The van der Waals surface area contributed by atoms with Gasteiger partial charge in [-0.15, -0.1) is 10.2 Å². The van der Waals surface area contributed by atoms with Crippen LogP contribution in [0.2, 0.25) is 5.02 Å². The van der Waals surface area contributed by atoms with E-state index in [0.29, 0.717) is 41.6 Å². The number of fused-ring (bicyclic) bond motifs is 1. The molecule has 2 atom stereocenters. The summed E-state index contributed by atoms with van der Waals surface area (Å²) in [5, 5.41) is 14.4. The fraction of sp³-hybridized carbons (Fsp3) is 0.276. The van der Waals surface area contributed by atoms with Crippen LogP contribution in [-0.4, -0.2) is 45.1 Å². The number of carbonyl (C=O) groups is 2. The van der Waals surface area contributed by atoms with Gasteiger partial charge < -0.3 is 14.5 Å². The molecule has 9 nitrogen and oxygen atoms in total. The summed E-state index contributed by atoms with van der Waals surface area (Å²) in [6.45, 7) is 4.08. The number of anilines is 2. The van der Waals surface area contributed by atoms with Gasteiger partial charge in [-0.05, 0) is 79.9 Å². The number of aromatic nitrogens is 4. The Bertz CT molecular complexity index is 1430. The van der Waals surface area contributed by atoms with Gasteiger partial charge in [0, 0.05) is 41.3 Å². The summed E-state index contributed by atoms with van der Waals surface area (Å²) in [7, 11) is 0. The molecule has 39 heavy (non-hydrogen) atoms. The molecule has 1 aliphatic heterocycles. The maximum atomic E-state index is 13.8. The van der Waals surface area contributed by atoms with Crippen molar-refractivity contribution in [3.05, 3.63) is 94.8 Å². The van der Waals surface area contributed by atoms with Crippen molar-refractivity contribution in [3.8, 4) is 5.75 Å². The van der Waals surface area contributed by atoms with Gasteiger partial charge in [0.2, 0.25) is 5.91 Å². The highest BCUT2D eigenvalue weighted by Gasteiger charge is 2.38. The van der Waals surface area contributed by atoms with E-state index in [1.165, 1.54) is 0 Å². The van der Waals surface area contributed by atoms with Crippen LogP contribution in [0.5, 0.6) is 5.75 Å². The number of aryl methyl sites for hydroxylation is 1. The predicted molar refractivity (Wildman–Crippen MR) is 149 cm³/mol. The molecule has 0 spiro atoms. The van der Waals surface area contributed by atoms with E-state index in [0.717, 1.165) is 23.4 Å². The van der Waals surface area contributed by atoms with Crippen molar-refractivity contribution >= 4 is 34.8 Å². The molecule has 200 valence electrons. The van der Waals surface area contributed by atoms with Crippen molar-refractivity contribution in [1.29, 1.82) is 0 Å². The van der Waals surface area contributed by atoms with Gasteiger partial charge in [-0.3, -0.25) is 9.59 Å². The Hall–Kier alpha value is -4.24. The summed E-state index contributed by atoms with van der Waals surface area (Å²) >= 11 is 6.10. The Kier molecular flexibility index (Phi) is 7.88. The van der Waals surface area contributed by atoms with E-state index in [4.69, 9.17) is 16.3 Å². The molecule has 0 saturated heterocycles. The molecule has 1 aromatic heterocycles. The third-order valence-electron chi connectivity index (χ3n) is 6.84. The highest BCUT2D eigenvalue weighted by Crippen LogP contribution is 2.43. The average molecular weight is 545 g/mol. The van der Waals surface area contributed by atoms with Gasteiger partial charge in [-0.25, -0.2) is 0 Å². The minimum Gasteiger partial charge on any atom is -0.494 e. The molecule has 0 radical (unpaired) electrons. The molecule has 0 fully saturated rings. The number of aromatic amines is 1. The molecular weight excluding hydrogens is 516 g/mol. The van der Waals surface area contributed by atoms with Gasteiger partial charge >= 0.3 is 0 Å². The van der Waals surface area contributed by atoms with Crippen LogP contribution in [0.4, 0.5) is 11.4 Å². The van der Waals surface area contributed by atoms with Gasteiger partial charge in [-0.1, -0.05) is 35.0 Å². The van der Waals surface area contributed by atoms with Crippen molar-refractivity contribution in [3.63, 3.8) is 0 Å². The Morgan fingerprint density at radius 3 is 2.51 bits per heavy atom. The molecule has 2 unspecified atom stereocenters. The first kappa shape index (κ1) is 26.4. The van der Waals surface area contributed by atoms with Gasteiger partial charge in [0.15, 0.2) is 5.82 Å². The Morgan fingerprint density at radius 1 is 1.08 bits per heavy atom. The van der Waals surface area contributed by atoms with E-state index in [-0.39, 0.29) is 23.9 Å². The number of tetrazole rings is 1. The van der Waals surface area contributed by atoms with Gasteiger partial charge in [0.05, 0.1) is 12.6 Å². The highest BCUT2D eigenvalue weighted by atomic mass is 35.5. The molecule has 3 aromatic carbocycles. The normalized spacial score (nSPS) is 16.4. The number of nitrogens with one attached hydrogen (secondary N) is 1. The summed E-state index contributed by atoms with van der Waals surface area (Å²) in [5.41, 5.74) is 3.06. The zero-order valence-corrected chi connectivity index (χ0v) is 22.5. The van der Waals surface area contributed by atoms with Crippen molar-refractivity contribution in [2.24, 2.45) is 0 Å². The molecule has 2 amide bonds. The molecular formula is C29H29ClN6O3. The molecule has 1 aliphatic rings. The molecule has 0 aliphatic carbocycles. The maximum absolute atomic E-state index is 13.8. The molecule has 2 heterocycles. The number of ether oxygens (including phenoxy) is 1. The number of amides is 2. The molecule has 0 bridgehead atoms. The van der Waals surface area contributed by atoms with Crippen LogP contribution in [0.3, 0.4) is 0 Å². The number of nitrogens with zero attached hydrogens (tertiary/aromatic N) is 5. The van der Waals surface area contributed by atoms with Crippen molar-refractivity contribution in [2.75, 3.05) is 16.4 Å². The molecule has 5 rings (SSSR count). The summed E-state index contributed by atoms with van der Waals surface area (Å²) in [4.78, 5) is 30.2. The van der Waals surface area contributed by atoms with Crippen molar-refractivity contribution in [2.45, 2.75) is 45.2 Å². The Labute approximate surface area is 231 Å². The van der Waals surface area contributed by atoms with Crippen LogP contribution in [0.1, 0.15) is 54.5 Å². The molecule has 10 heteroatoms. The third kappa shape index (κ3) is 5.78. The van der Waals surface area contributed by atoms with Crippen LogP contribution in [0.25, 0.3) is 0 Å². The lowest BCUT2D eigenvalue weighted by Gasteiger charge is -2.43. The molecule has 1 N–H and O–H groups in total. The lowest BCUT2D eigenvalue weighted by molar-refractivity contribution is -0.117. The second-order valence-electron chi connectivity index (χ2n) is 9.50. The maximum Gasteiger partial charge on any atom is 0.258 e. The standard InChI is InChI=1S/C29H29ClN6O3/c1-19-18-27(36(20(2)37)23-13-11-22(30)12-14-23)25-6-3-4-7-26(25)35(19)29(38)21-9-15-24(16-10-21)39-17-5-8-28-31-33-34-32-28/h3-4,6-7,9-16,19,27H,5,8,17-18H2,1-2H3,(H,31,32,33,34). The number of halogens is 1. The zero-order valence-electron chi connectivity index (χ0n) is 21.8.